The molecular weight excluding hydrogens is 192 g/mol. The molecule has 0 saturated heterocycles. The number of esters is 1. The Kier molecular flexibility index (Phi) is 7.23. The Morgan fingerprint density at radius 2 is 2.15 bits per heavy atom. The predicted molar refractivity (Wildman–Crippen MR) is 52.2 cm³/mol. The van der Waals surface area contributed by atoms with E-state index in [0.29, 0.717) is 18.5 Å². The number of hydrogen-bond donors (Lipinski definition) is 2. The molecule has 0 aliphatic heterocycles. The van der Waals surface area contributed by atoms with Gasteiger partial charge in [0.15, 0.2) is 5.11 Å². The second-order valence-electron chi connectivity index (χ2n) is 2.15. The van der Waals surface area contributed by atoms with Crippen LogP contribution in [0, 0.1) is 0 Å². The zero-order chi connectivity index (χ0) is 10.1. The van der Waals surface area contributed by atoms with Crippen LogP contribution >= 0.6 is 12.2 Å². The Hall–Kier alpha value is -0.880. The SMILES string of the molecule is CNC(=S)NCOCCOC(C)=O. The first-order chi connectivity index (χ1) is 6.16. The first kappa shape index (κ1) is 12.1. The molecule has 0 amide bonds. The van der Waals surface area contributed by atoms with Gasteiger partial charge >= 0.3 is 5.97 Å². The Balaban J connectivity index is 3.08. The maximum atomic E-state index is 10.3. The highest BCUT2D eigenvalue weighted by molar-refractivity contribution is 7.80. The van der Waals surface area contributed by atoms with Crippen molar-refractivity contribution in [1.82, 2.24) is 10.6 Å². The standard InChI is InChI=1S/C7H14N2O3S/c1-6(10)12-4-3-11-5-9-7(13)8-2/h3-5H2,1-2H3,(H2,8,9,13). The number of carbonyl (C=O) groups excluding carboxylic acids is 1. The number of thiocarbonyl (C=S) groups is 1. The average molecular weight is 206 g/mol. The molecule has 0 saturated carbocycles. The molecule has 0 radical (unpaired) electrons. The number of ether oxygens (including phenoxy) is 2. The Morgan fingerprint density at radius 3 is 2.69 bits per heavy atom. The molecule has 0 atom stereocenters. The molecule has 5 nitrogen and oxygen atoms in total. The lowest BCUT2D eigenvalue weighted by molar-refractivity contribution is -0.142. The molecule has 0 heterocycles. The van der Waals surface area contributed by atoms with Crippen LogP contribution in [0.1, 0.15) is 6.92 Å². The van der Waals surface area contributed by atoms with Gasteiger partial charge < -0.3 is 20.1 Å². The monoisotopic (exact) mass is 206 g/mol. The second kappa shape index (κ2) is 7.75. The van der Waals surface area contributed by atoms with Gasteiger partial charge in [-0.15, -0.1) is 0 Å². The highest BCUT2D eigenvalue weighted by atomic mass is 32.1. The molecule has 0 unspecified atom stereocenters. The molecule has 0 fully saturated rings. The molecule has 0 aromatic heterocycles. The van der Waals surface area contributed by atoms with E-state index in [9.17, 15) is 4.79 Å². The second-order valence-corrected chi connectivity index (χ2v) is 2.56. The first-order valence-electron chi connectivity index (χ1n) is 3.83. The predicted octanol–water partition coefficient (Wildman–Crippen LogP) is -0.383. The summed E-state index contributed by atoms with van der Waals surface area (Å²) in [4.78, 5) is 10.3. The fourth-order valence-corrected chi connectivity index (χ4v) is 0.580. The van der Waals surface area contributed by atoms with Crippen molar-refractivity contribution in [2.45, 2.75) is 6.92 Å². The minimum absolute atomic E-state index is 0.267. The number of nitrogens with one attached hydrogen (secondary N) is 2. The maximum Gasteiger partial charge on any atom is 0.302 e. The van der Waals surface area contributed by atoms with E-state index in [4.69, 9.17) is 17.0 Å². The summed E-state index contributed by atoms with van der Waals surface area (Å²) >= 11 is 4.79. The van der Waals surface area contributed by atoms with Crippen LogP contribution in [0.25, 0.3) is 0 Å². The van der Waals surface area contributed by atoms with Crippen molar-refractivity contribution < 1.29 is 14.3 Å². The smallest absolute Gasteiger partial charge is 0.302 e. The summed E-state index contributed by atoms with van der Waals surface area (Å²) in [5.41, 5.74) is 0. The third-order valence-electron chi connectivity index (χ3n) is 1.09. The highest BCUT2D eigenvalue weighted by Crippen LogP contribution is 1.78. The fraction of sp³-hybridized carbons (Fsp3) is 0.714. The summed E-state index contributed by atoms with van der Waals surface area (Å²) in [6.45, 7) is 2.29. The minimum Gasteiger partial charge on any atom is -0.463 e. The van der Waals surface area contributed by atoms with Crippen molar-refractivity contribution in [2.75, 3.05) is 27.0 Å². The van der Waals surface area contributed by atoms with Crippen LogP contribution in [0.4, 0.5) is 0 Å². The zero-order valence-electron chi connectivity index (χ0n) is 7.75. The lowest BCUT2D eigenvalue weighted by Crippen LogP contribution is -2.34. The van der Waals surface area contributed by atoms with Crippen LogP contribution in [0.5, 0.6) is 0 Å². The summed E-state index contributed by atoms with van der Waals surface area (Å²) in [5, 5.41) is 6.03. The van der Waals surface area contributed by atoms with Crippen LogP contribution in [0.2, 0.25) is 0 Å². The lowest BCUT2D eigenvalue weighted by Gasteiger charge is -2.07. The first-order valence-corrected chi connectivity index (χ1v) is 4.24. The molecule has 0 bridgehead atoms. The van der Waals surface area contributed by atoms with Crippen LogP contribution in [0.3, 0.4) is 0 Å². The topological polar surface area (TPSA) is 59.6 Å². The minimum atomic E-state index is -0.303. The molecule has 0 aliphatic carbocycles. The van der Waals surface area contributed by atoms with Crippen molar-refractivity contribution in [1.29, 1.82) is 0 Å². The molecule has 0 aromatic carbocycles. The quantitative estimate of drug-likeness (QED) is 0.277. The third-order valence-corrected chi connectivity index (χ3v) is 1.44. The van der Waals surface area contributed by atoms with E-state index >= 15 is 0 Å². The molecule has 0 aliphatic rings. The molecular formula is C7H14N2O3S. The van der Waals surface area contributed by atoms with Crippen LogP contribution in [0.15, 0.2) is 0 Å². The molecule has 0 spiro atoms. The van der Waals surface area contributed by atoms with Crippen molar-refractivity contribution in [3.8, 4) is 0 Å². The van der Waals surface area contributed by atoms with Gasteiger partial charge in [-0.05, 0) is 12.2 Å². The van der Waals surface area contributed by atoms with Gasteiger partial charge in [0, 0.05) is 14.0 Å². The van der Waals surface area contributed by atoms with E-state index in [1.165, 1.54) is 6.92 Å². The summed E-state index contributed by atoms with van der Waals surface area (Å²) < 4.78 is 9.68. The Labute approximate surface area is 82.8 Å². The Bertz CT molecular complexity index is 175. The van der Waals surface area contributed by atoms with Gasteiger partial charge in [0.2, 0.25) is 0 Å². The van der Waals surface area contributed by atoms with E-state index < -0.39 is 0 Å². The number of rotatable bonds is 5. The molecule has 0 rings (SSSR count). The fourth-order valence-electron chi connectivity index (χ4n) is 0.521. The van der Waals surface area contributed by atoms with Gasteiger partial charge in [0.25, 0.3) is 0 Å². The van der Waals surface area contributed by atoms with Gasteiger partial charge in [0.05, 0.1) is 6.61 Å². The largest absolute Gasteiger partial charge is 0.463 e. The van der Waals surface area contributed by atoms with Crippen LogP contribution < -0.4 is 10.6 Å². The van der Waals surface area contributed by atoms with Gasteiger partial charge in [-0.25, -0.2) is 0 Å². The van der Waals surface area contributed by atoms with Crippen LogP contribution in [-0.4, -0.2) is 38.1 Å². The van der Waals surface area contributed by atoms with Gasteiger partial charge in [-0.3, -0.25) is 4.79 Å². The molecule has 2 N–H and O–H groups in total. The molecule has 76 valence electrons. The van der Waals surface area contributed by atoms with Crippen molar-refractivity contribution in [2.24, 2.45) is 0 Å². The van der Waals surface area contributed by atoms with E-state index in [1.807, 2.05) is 0 Å². The van der Waals surface area contributed by atoms with E-state index in [1.54, 1.807) is 7.05 Å². The van der Waals surface area contributed by atoms with E-state index in [-0.39, 0.29) is 12.6 Å². The van der Waals surface area contributed by atoms with Crippen molar-refractivity contribution in [3.05, 3.63) is 0 Å². The normalized spacial score (nSPS) is 9.08. The lowest BCUT2D eigenvalue weighted by atomic mass is 10.7. The van der Waals surface area contributed by atoms with Gasteiger partial charge in [-0.2, -0.15) is 0 Å². The van der Waals surface area contributed by atoms with Crippen LogP contribution in [-0.2, 0) is 14.3 Å². The van der Waals surface area contributed by atoms with Gasteiger partial charge in [0.1, 0.15) is 13.3 Å². The summed E-state index contributed by atoms with van der Waals surface area (Å²) in [5.74, 6) is -0.303. The summed E-state index contributed by atoms with van der Waals surface area (Å²) in [6.07, 6.45) is 0. The van der Waals surface area contributed by atoms with Crippen molar-refractivity contribution in [3.63, 3.8) is 0 Å². The third kappa shape index (κ3) is 9.03. The van der Waals surface area contributed by atoms with E-state index in [2.05, 4.69) is 15.4 Å². The average Bonchev–Trinajstić information content (AvgIpc) is 2.10. The van der Waals surface area contributed by atoms with E-state index in [0.717, 1.165) is 0 Å². The number of hydrogen-bond acceptors (Lipinski definition) is 4. The molecule has 6 heteroatoms. The zero-order valence-corrected chi connectivity index (χ0v) is 8.57. The number of carbonyl (C=O) groups is 1. The summed E-state index contributed by atoms with van der Waals surface area (Å²) in [7, 11) is 1.72. The van der Waals surface area contributed by atoms with Crippen molar-refractivity contribution >= 4 is 23.3 Å². The Morgan fingerprint density at radius 1 is 1.46 bits per heavy atom. The molecule has 13 heavy (non-hydrogen) atoms. The molecule has 0 aromatic rings. The highest BCUT2D eigenvalue weighted by Gasteiger charge is 1.93. The summed E-state index contributed by atoms with van der Waals surface area (Å²) in [6, 6.07) is 0. The maximum absolute atomic E-state index is 10.3. The van der Waals surface area contributed by atoms with Gasteiger partial charge in [-0.1, -0.05) is 0 Å².